The molecule has 0 unspecified atom stereocenters. The lowest BCUT2D eigenvalue weighted by Gasteiger charge is -2.24. The van der Waals surface area contributed by atoms with Crippen molar-refractivity contribution in [1.29, 1.82) is 0 Å². The topological polar surface area (TPSA) is 38.8 Å². The molecule has 4 nitrogen and oxygen atoms in total. The molecule has 5 heteroatoms. The molecule has 1 aromatic carbocycles. The Morgan fingerprint density at radius 1 is 1.43 bits per heavy atom. The molecule has 0 bridgehead atoms. The molecule has 1 heterocycles. The van der Waals surface area contributed by atoms with Gasteiger partial charge in [0.2, 0.25) is 0 Å². The summed E-state index contributed by atoms with van der Waals surface area (Å²) in [5.41, 5.74) is -0.452. The molecule has 1 saturated heterocycles. The summed E-state index contributed by atoms with van der Waals surface area (Å²) in [4.78, 5) is 13.7. The van der Waals surface area contributed by atoms with Gasteiger partial charge in [-0.05, 0) is 45.4 Å². The van der Waals surface area contributed by atoms with Crippen molar-refractivity contribution in [3.05, 3.63) is 29.3 Å². The van der Waals surface area contributed by atoms with Gasteiger partial charge in [-0.2, -0.15) is 0 Å². The number of rotatable bonds is 3. The van der Waals surface area contributed by atoms with Gasteiger partial charge in [-0.3, -0.25) is 0 Å². The molecular weight excluding hydrogens is 290 g/mol. The number of amides is 1. The summed E-state index contributed by atoms with van der Waals surface area (Å²) < 4.78 is 11.1. The molecule has 0 aliphatic carbocycles. The summed E-state index contributed by atoms with van der Waals surface area (Å²) in [5.74, 6) is 1.09. The van der Waals surface area contributed by atoms with Gasteiger partial charge in [0.1, 0.15) is 11.4 Å². The van der Waals surface area contributed by atoms with E-state index in [0.29, 0.717) is 24.1 Å². The highest BCUT2D eigenvalue weighted by Crippen LogP contribution is 2.22. The third-order valence-corrected chi connectivity index (χ3v) is 3.45. The van der Waals surface area contributed by atoms with Crippen LogP contribution in [-0.4, -0.2) is 36.3 Å². The quantitative estimate of drug-likeness (QED) is 0.847. The molecule has 1 aromatic rings. The number of ether oxygens (including phenoxy) is 2. The molecule has 1 aliphatic heterocycles. The van der Waals surface area contributed by atoms with Crippen LogP contribution in [0.4, 0.5) is 4.79 Å². The fourth-order valence-electron chi connectivity index (χ4n) is 2.23. The minimum absolute atomic E-state index is 0.243. The molecule has 0 N–H and O–H groups in total. The number of carbonyl (C=O) groups is 1. The van der Waals surface area contributed by atoms with Gasteiger partial charge in [0.15, 0.2) is 0 Å². The van der Waals surface area contributed by atoms with Crippen molar-refractivity contribution in [1.82, 2.24) is 4.90 Å². The Bertz CT molecular complexity index is 499. The summed E-state index contributed by atoms with van der Waals surface area (Å²) >= 11 is 5.92. The van der Waals surface area contributed by atoms with Crippen LogP contribution in [0.2, 0.25) is 5.02 Å². The van der Waals surface area contributed by atoms with E-state index in [-0.39, 0.29) is 6.09 Å². The molecule has 1 atom stereocenters. The Morgan fingerprint density at radius 3 is 2.86 bits per heavy atom. The number of halogens is 1. The van der Waals surface area contributed by atoms with Crippen LogP contribution >= 0.6 is 11.6 Å². The molecule has 0 spiro atoms. The highest BCUT2D eigenvalue weighted by atomic mass is 35.5. The van der Waals surface area contributed by atoms with Crippen molar-refractivity contribution < 1.29 is 14.3 Å². The number of hydrogen-bond acceptors (Lipinski definition) is 3. The molecule has 0 saturated carbocycles. The van der Waals surface area contributed by atoms with Crippen LogP contribution in [0.25, 0.3) is 0 Å². The van der Waals surface area contributed by atoms with Crippen LogP contribution < -0.4 is 4.74 Å². The second-order valence-corrected chi connectivity index (χ2v) is 6.79. The van der Waals surface area contributed by atoms with Gasteiger partial charge in [-0.1, -0.05) is 17.7 Å². The Labute approximate surface area is 131 Å². The number of nitrogens with zero attached hydrogens (tertiary/aromatic N) is 1. The average molecular weight is 312 g/mol. The van der Waals surface area contributed by atoms with E-state index in [1.165, 1.54) is 0 Å². The first-order valence-electron chi connectivity index (χ1n) is 7.20. The number of benzene rings is 1. The summed E-state index contributed by atoms with van der Waals surface area (Å²) in [6.45, 7) is 7.61. The van der Waals surface area contributed by atoms with Crippen LogP contribution in [-0.2, 0) is 4.74 Å². The third kappa shape index (κ3) is 5.12. The van der Waals surface area contributed by atoms with Gasteiger partial charge < -0.3 is 14.4 Å². The highest BCUT2D eigenvalue weighted by molar-refractivity contribution is 6.30. The smallest absolute Gasteiger partial charge is 0.410 e. The summed E-state index contributed by atoms with van der Waals surface area (Å²) in [7, 11) is 0. The van der Waals surface area contributed by atoms with Crippen LogP contribution in [0.5, 0.6) is 5.75 Å². The van der Waals surface area contributed by atoms with Gasteiger partial charge >= 0.3 is 6.09 Å². The monoisotopic (exact) mass is 311 g/mol. The van der Waals surface area contributed by atoms with E-state index in [9.17, 15) is 4.79 Å². The Kier molecular flexibility index (Phi) is 4.99. The van der Waals surface area contributed by atoms with Crippen molar-refractivity contribution in [2.75, 3.05) is 19.7 Å². The van der Waals surface area contributed by atoms with E-state index < -0.39 is 5.60 Å². The number of carbonyl (C=O) groups excluding carboxylic acids is 1. The van der Waals surface area contributed by atoms with Crippen molar-refractivity contribution in [2.45, 2.75) is 32.8 Å². The predicted molar refractivity (Wildman–Crippen MR) is 82.9 cm³/mol. The Hall–Kier alpha value is -1.42. The molecule has 1 fully saturated rings. The van der Waals surface area contributed by atoms with Crippen LogP contribution in [0.1, 0.15) is 27.2 Å². The number of hydrogen-bond donors (Lipinski definition) is 0. The fourth-order valence-corrected chi connectivity index (χ4v) is 2.41. The Balaban J connectivity index is 1.79. The molecule has 2 rings (SSSR count). The third-order valence-electron chi connectivity index (χ3n) is 3.22. The van der Waals surface area contributed by atoms with E-state index in [0.717, 1.165) is 18.7 Å². The van der Waals surface area contributed by atoms with E-state index in [2.05, 4.69) is 0 Å². The van der Waals surface area contributed by atoms with Crippen molar-refractivity contribution in [3.63, 3.8) is 0 Å². The van der Waals surface area contributed by atoms with Gasteiger partial charge in [0, 0.05) is 24.0 Å². The summed E-state index contributed by atoms with van der Waals surface area (Å²) in [5, 5.41) is 0.661. The largest absolute Gasteiger partial charge is 0.493 e. The maximum absolute atomic E-state index is 12.0. The lowest BCUT2D eigenvalue weighted by Crippen LogP contribution is -2.35. The first-order valence-corrected chi connectivity index (χ1v) is 7.57. The zero-order chi connectivity index (χ0) is 15.5. The van der Waals surface area contributed by atoms with Crippen LogP contribution in [0.3, 0.4) is 0 Å². The first kappa shape index (κ1) is 16.0. The summed E-state index contributed by atoms with van der Waals surface area (Å²) in [6.07, 6.45) is 0.688. The molecule has 1 amide bonds. The minimum atomic E-state index is -0.452. The van der Waals surface area contributed by atoms with Gasteiger partial charge in [-0.15, -0.1) is 0 Å². The average Bonchev–Trinajstić information content (AvgIpc) is 2.83. The van der Waals surface area contributed by atoms with Crippen LogP contribution in [0.15, 0.2) is 24.3 Å². The number of likely N-dealkylation sites (tertiary alicyclic amines) is 1. The lowest BCUT2D eigenvalue weighted by atomic mass is 10.1. The van der Waals surface area contributed by atoms with Crippen molar-refractivity contribution in [3.8, 4) is 5.75 Å². The Morgan fingerprint density at radius 2 is 2.19 bits per heavy atom. The second-order valence-electron chi connectivity index (χ2n) is 6.35. The summed E-state index contributed by atoms with van der Waals surface area (Å²) in [6, 6.07) is 7.35. The first-order chi connectivity index (χ1) is 9.83. The van der Waals surface area contributed by atoms with E-state index >= 15 is 0 Å². The second kappa shape index (κ2) is 6.56. The maximum atomic E-state index is 12.0. The maximum Gasteiger partial charge on any atom is 0.410 e. The normalized spacial score (nSPS) is 18.7. The van der Waals surface area contributed by atoms with Crippen molar-refractivity contribution >= 4 is 17.7 Å². The molecule has 1 aliphatic rings. The lowest BCUT2D eigenvalue weighted by molar-refractivity contribution is 0.0285. The molecule has 0 aromatic heterocycles. The zero-order valence-electron chi connectivity index (χ0n) is 12.8. The van der Waals surface area contributed by atoms with E-state index in [1.54, 1.807) is 11.0 Å². The zero-order valence-corrected chi connectivity index (χ0v) is 13.5. The molecule has 0 radical (unpaired) electrons. The molecule has 116 valence electrons. The fraction of sp³-hybridized carbons (Fsp3) is 0.562. The predicted octanol–water partition coefficient (Wildman–Crippen LogP) is 3.98. The van der Waals surface area contributed by atoms with E-state index in [4.69, 9.17) is 21.1 Å². The minimum Gasteiger partial charge on any atom is -0.493 e. The standard InChI is InChI=1S/C16H22ClNO3/c1-16(2,3)21-15(19)18-8-7-12(10-18)11-20-14-6-4-5-13(17)9-14/h4-6,9,12H,7-8,10-11H2,1-3H3/t12-/m1/s1. The molecular formula is C16H22ClNO3. The van der Waals surface area contributed by atoms with Gasteiger partial charge in [0.25, 0.3) is 0 Å². The highest BCUT2D eigenvalue weighted by Gasteiger charge is 2.30. The van der Waals surface area contributed by atoms with Crippen LogP contribution in [0, 0.1) is 5.92 Å². The van der Waals surface area contributed by atoms with Gasteiger partial charge in [-0.25, -0.2) is 4.79 Å². The SMILES string of the molecule is CC(C)(C)OC(=O)N1CC[C@@H](COc2cccc(Cl)c2)C1. The van der Waals surface area contributed by atoms with E-state index in [1.807, 2.05) is 39.0 Å². The van der Waals surface area contributed by atoms with Gasteiger partial charge in [0.05, 0.1) is 6.61 Å². The molecule has 21 heavy (non-hydrogen) atoms. The van der Waals surface area contributed by atoms with Crippen molar-refractivity contribution in [2.24, 2.45) is 5.92 Å².